The summed E-state index contributed by atoms with van der Waals surface area (Å²) in [7, 11) is 5.80. The number of rotatable bonds is 8. The van der Waals surface area contributed by atoms with Crippen LogP contribution in [0, 0.1) is 17.8 Å². The third kappa shape index (κ3) is 10.1. The van der Waals surface area contributed by atoms with E-state index in [1.54, 1.807) is 13.8 Å². The van der Waals surface area contributed by atoms with E-state index in [1.165, 1.54) is 0 Å². The van der Waals surface area contributed by atoms with Crippen molar-refractivity contribution < 1.29 is 34.0 Å². The van der Waals surface area contributed by atoms with Crippen molar-refractivity contribution in [2.45, 2.75) is 104 Å². The van der Waals surface area contributed by atoms with Gasteiger partial charge in [-0.05, 0) is 66.8 Å². The fraction of sp³-hybridized carbons (Fsp3) is 0.933. The summed E-state index contributed by atoms with van der Waals surface area (Å²) in [5.41, 5.74) is -1.38. The van der Waals surface area contributed by atoms with Crippen LogP contribution in [-0.4, -0.2) is 140 Å². The zero-order chi connectivity index (χ0) is 31.1. The van der Waals surface area contributed by atoms with Crippen LogP contribution >= 0.6 is 0 Å². The minimum Gasteiger partial charge on any atom is -0.460 e. The average molecular weight is 587 g/mol. The zero-order valence-electron chi connectivity index (χ0n) is 27.1. The van der Waals surface area contributed by atoms with Crippen molar-refractivity contribution in [2.24, 2.45) is 17.8 Å². The molecule has 0 bridgehead atoms. The summed E-state index contributed by atoms with van der Waals surface area (Å²) in [6.07, 6.45) is -2.90. The molecule has 1 amide bonds. The van der Waals surface area contributed by atoms with E-state index >= 15 is 0 Å². The molecule has 2 rings (SSSR count). The molecule has 0 aromatic carbocycles. The summed E-state index contributed by atoms with van der Waals surface area (Å²) < 4.78 is 18.7. The van der Waals surface area contributed by atoms with E-state index < -0.39 is 48.0 Å². The zero-order valence-corrected chi connectivity index (χ0v) is 27.1. The smallest absolute Gasteiger partial charge is 0.320 e. The maximum atomic E-state index is 13.3. The Bertz CT molecular complexity index is 825. The summed E-state index contributed by atoms with van der Waals surface area (Å²) in [6.45, 7) is 16.6. The van der Waals surface area contributed by atoms with Crippen LogP contribution in [-0.2, 0) is 23.8 Å². The van der Waals surface area contributed by atoms with Crippen LogP contribution in [0.25, 0.3) is 0 Å². The van der Waals surface area contributed by atoms with Gasteiger partial charge in [0.05, 0.1) is 30.3 Å². The number of aliphatic hydroxyl groups is 2. The Morgan fingerprint density at radius 3 is 2.41 bits per heavy atom. The van der Waals surface area contributed by atoms with Gasteiger partial charge in [0.25, 0.3) is 0 Å². The maximum absolute atomic E-state index is 13.3. The van der Waals surface area contributed by atoms with Crippen molar-refractivity contribution in [2.75, 3.05) is 60.4 Å². The second-order valence-electron chi connectivity index (χ2n) is 12.9. The number of likely N-dealkylation sites (N-methyl/N-ethyl adjacent to an activating group) is 3. The third-order valence-corrected chi connectivity index (χ3v) is 8.76. The summed E-state index contributed by atoms with van der Waals surface area (Å²) in [6, 6.07) is -0.196. The Labute approximate surface area is 247 Å². The predicted octanol–water partition coefficient (Wildman–Crippen LogP) is 1.16. The van der Waals surface area contributed by atoms with Crippen molar-refractivity contribution in [1.29, 1.82) is 0 Å². The van der Waals surface area contributed by atoms with Gasteiger partial charge in [-0.2, -0.15) is 0 Å². The van der Waals surface area contributed by atoms with Crippen LogP contribution in [0.4, 0.5) is 0 Å². The van der Waals surface area contributed by atoms with Crippen molar-refractivity contribution in [1.82, 2.24) is 20.0 Å². The SMILES string of the molecule is CCN(CC)CC(=O)O[C@H]1[C@H](C)[C@@H](O[C@@H]2O[C@H](C)C[C@H](N(C)C)[C@H]2O)[C@](C)(O)C[C@@H](C)CN(C)CCNC(=O)[C@@H]1C. The molecule has 0 spiro atoms. The Kier molecular flexibility index (Phi) is 13.9. The molecular formula is C30H58N4O7. The van der Waals surface area contributed by atoms with Crippen LogP contribution in [0.1, 0.15) is 61.3 Å². The molecule has 0 aromatic rings. The normalized spacial score (nSPS) is 38.6. The molecule has 240 valence electrons. The highest BCUT2D eigenvalue weighted by Crippen LogP contribution is 2.36. The Morgan fingerprint density at radius 2 is 1.83 bits per heavy atom. The highest BCUT2D eigenvalue weighted by atomic mass is 16.7. The molecule has 11 heteroatoms. The summed E-state index contributed by atoms with van der Waals surface area (Å²) in [5, 5.41) is 26.3. The fourth-order valence-electron chi connectivity index (χ4n) is 6.48. The van der Waals surface area contributed by atoms with Gasteiger partial charge in [0, 0.05) is 31.6 Å². The van der Waals surface area contributed by atoms with Gasteiger partial charge < -0.3 is 39.5 Å². The molecule has 3 N–H and O–H groups in total. The van der Waals surface area contributed by atoms with E-state index in [0.29, 0.717) is 45.6 Å². The number of aliphatic hydroxyl groups excluding tert-OH is 1. The van der Waals surface area contributed by atoms with Gasteiger partial charge in [-0.15, -0.1) is 0 Å². The Hall–Kier alpha value is -1.34. The van der Waals surface area contributed by atoms with Crippen LogP contribution in [0.3, 0.4) is 0 Å². The Morgan fingerprint density at radius 1 is 1.20 bits per heavy atom. The van der Waals surface area contributed by atoms with Gasteiger partial charge in [0.2, 0.25) is 5.91 Å². The number of nitrogens with one attached hydrogen (secondary N) is 1. The molecule has 0 saturated carbocycles. The minimum atomic E-state index is -1.38. The first-order valence-corrected chi connectivity index (χ1v) is 15.4. The highest BCUT2D eigenvalue weighted by molar-refractivity contribution is 5.79. The van der Waals surface area contributed by atoms with Crippen molar-refractivity contribution >= 4 is 11.9 Å². The first-order chi connectivity index (χ1) is 19.1. The molecule has 0 unspecified atom stereocenters. The standard InChI is InChI=1S/C30H58N4O7/c1-11-34(12-2)18-24(35)40-26-21(5)27(41-29-25(36)23(32(8)9)15-20(4)39-29)30(7,38)16-19(3)17-33(10)14-13-31-28(37)22(26)6/h19-23,25-27,29,36,38H,11-18H2,1-10H3,(H,31,37)/t19-,20-,21+,22-,23+,25-,26+,27-,29+,30-/m1/s1. The van der Waals surface area contributed by atoms with Crippen LogP contribution < -0.4 is 5.32 Å². The first-order valence-electron chi connectivity index (χ1n) is 15.4. The lowest BCUT2D eigenvalue weighted by molar-refractivity contribution is -0.299. The van der Waals surface area contributed by atoms with Crippen molar-refractivity contribution in [3.63, 3.8) is 0 Å². The van der Waals surface area contributed by atoms with E-state index in [2.05, 4.69) is 17.1 Å². The lowest BCUT2D eigenvalue weighted by atomic mass is 9.77. The molecule has 2 aliphatic rings. The second-order valence-corrected chi connectivity index (χ2v) is 12.9. The molecule has 10 atom stereocenters. The van der Waals surface area contributed by atoms with Gasteiger partial charge in [-0.1, -0.05) is 34.6 Å². The number of ether oxygens (including phenoxy) is 3. The van der Waals surface area contributed by atoms with Crippen LogP contribution in [0.5, 0.6) is 0 Å². The van der Waals surface area contributed by atoms with Gasteiger partial charge >= 0.3 is 5.97 Å². The van der Waals surface area contributed by atoms with E-state index in [0.717, 1.165) is 0 Å². The number of esters is 1. The molecule has 2 fully saturated rings. The highest BCUT2D eigenvalue weighted by Gasteiger charge is 2.48. The molecule has 0 aliphatic carbocycles. The van der Waals surface area contributed by atoms with Gasteiger partial charge in [0.15, 0.2) is 6.29 Å². The maximum Gasteiger partial charge on any atom is 0.320 e. The molecule has 2 heterocycles. The number of carbonyl (C=O) groups is 2. The molecule has 2 saturated heterocycles. The van der Waals surface area contributed by atoms with E-state index in [9.17, 15) is 19.8 Å². The molecule has 0 aromatic heterocycles. The lowest BCUT2D eigenvalue weighted by Crippen LogP contribution is -2.59. The largest absolute Gasteiger partial charge is 0.460 e. The number of hydrogen-bond acceptors (Lipinski definition) is 10. The monoisotopic (exact) mass is 586 g/mol. The number of nitrogens with zero attached hydrogens (tertiary/aromatic N) is 3. The molecule has 2 aliphatic heterocycles. The Balaban J connectivity index is 2.52. The van der Waals surface area contributed by atoms with E-state index in [1.807, 2.05) is 58.6 Å². The summed E-state index contributed by atoms with van der Waals surface area (Å²) in [4.78, 5) is 32.5. The second kappa shape index (κ2) is 15.9. The predicted molar refractivity (Wildman–Crippen MR) is 158 cm³/mol. The summed E-state index contributed by atoms with van der Waals surface area (Å²) in [5.74, 6) is -1.89. The van der Waals surface area contributed by atoms with Crippen molar-refractivity contribution in [3.8, 4) is 0 Å². The lowest BCUT2D eigenvalue weighted by Gasteiger charge is -2.47. The van der Waals surface area contributed by atoms with E-state index in [-0.39, 0.29) is 30.5 Å². The quantitative estimate of drug-likeness (QED) is 0.357. The van der Waals surface area contributed by atoms with Crippen LogP contribution in [0.15, 0.2) is 0 Å². The first kappa shape index (κ1) is 35.9. The minimum absolute atomic E-state index is 0.0940. The third-order valence-electron chi connectivity index (χ3n) is 8.76. The van der Waals surface area contributed by atoms with Crippen LogP contribution in [0.2, 0.25) is 0 Å². The summed E-state index contributed by atoms with van der Waals surface area (Å²) >= 11 is 0. The van der Waals surface area contributed by atoms with E-state index in [4.69, 9.17) is 14.2 Å². The topological polar surface area (TPSA) is 124 Å². The molecule has 11 nitrogen and oxygen atoms in total. The molecule has 41 heavy (non-hydrogen) atoms. The number of amides is 1. The van der Waals surface area contributed by atoms with Gasteiger partial charge in [-0.25, -0.2) is 0 Å². The van der Waals surface area contributed by atoms with Gasteiger partial charge in [-0.3, -0.25) is 14.5 Å². The number of hydrogen-bond donors (Lipinski definition) is 3. The van der Waals surface area contributed by atoms with Gasteiger partial charge in [0.1, 0.15) is 12.2 Å². The average Bonchev–Trinajstić information content (AvgIpc) is 2.88. The molecule has 0 radical (unpaired) electrons. The van der Waals surface area contributed by atoms with Crippen molar-refractivity contribution in [3.05, 3.63) is 0 Å². The molecular weight excluding hydrogens is 528 g/mol. The number of carbonyl (C=O) groups excluding carboxylic acids is 2. The fourth-order valence-corrected chi connectivity index (χ4v) is 6.48.